The highest BCUT2D eigenvalue weighted by Crippen LogP contribution is 2.35. The Labute approximate surface area is 319 Å². The van der Waals surface area contributed by atoms with E-state index in [4.69, 9.17) is 14.5 Å². The first kappa shape index (κ1) is 38.6. The number of imidazole rings is 2. The van der Waals surface area contributed by atoms with E-state index in [0.29, 0.717) is 13.1 Å². The fraction of sp³-hybridized carbons (Fsp3) is 0.400. The lowest BCUT2D eigenvalue weighted by Crippen LogP contribution is -2.36. The maximum Gasteiger partial charge on any atom is 0.410 e. The largest absolute Gasteiger partial charge is 0.444 e. The highest BCUT2D eigenvalue weighted by atomic mass is 32.1. The van der Waals surface area contributed by atoms with Crippen molar-refractivity contribution in [2.24, 2.45) is 0 Å². The first-order valence-electron chi connectivity index (χ1n) is 17.4. The second kappa shape index (κ2) is 15.2. The summed E-state index contributed by atoms with van der Waals surface area (Å²) >= 11 is 0. The van der Waals surface area contributed by atoms with Crippen LogP contribution in [0.25, 0.3) is 33.1 Å². The number of aromatic amines is 2. The molecule has 2 amide bonds. The lowest BCUT2D eigenvalue weighted by molar-refractivity contribution is 0.0208. The smallest absolute Gasteiger partial charge is 0.410 e. The molecule has 2 atom stereocenters. The molecule has 0 bridgehead atoms. The molecule has 4 heterocycles. The number of carbonyl (C=O) groups is 2. The van der Waals surface area contributed by atoms with Gasteiger partial charge in [-0.15, -0.1) is 0 Å². The fourth-order valence-electron chi connectivity index (χ4n) is 6.73. The number of hydrogen-bond donors (Lipinski definition) is 2. The van der Waals surface area contributed by atoms with Gasteiger partial charge in [-0.1, -0.05) is 30.0 Å². The van der Waals surface area contributed by atoms with Gasteiger partial charge in [0.1, 0.15) is 22.9 Å². The Morgan fingerprint density at radius 3 is 1.92 bits per heavy atom. The standard InChI is InChI=1S/C40H44N6O4.2H2S/c1-39(2,3)49-37(47)45-19-7-9-33(45)35-41-24-32(44-35)29-17-16-27-21-25(13-15-28(27)23-29)11-12-26-14-18-30-31(22-26)43-36(42-30)34-10-8-20-46(34)38(48)50-40(4,5)6;;/h13-18,21-24,33-34H,7-10,19-20H2,1-6H3,(H,41,44)(H,42,43);2*1H2/t33-,34-;;/m0../s1. The third-order valence-electron chi connectivity index (χ3n) is 8.99. The summed E-state index contributed by atoms with van der Waals surface area (Å²) in [5, 5.41) is 2.19. The van der Waals surface area contributed by atoms with E-state index in [-0.39, 0.29) is 51.3 Å². The summed E-state index contributed by atoms with van der Waals surface area (Å²) in [6, 6.07) is 18.2. The van der Waals surface area contributed by atoms with E-state index in [1.54, 1.807) is 9.80 Å². The number of fused-ring (bicyclic) bond motifs is 2. The van der Waals surface area contributed by atoms with Gasteiger partial charge >= 0.3 is 12.2 Å². The van der Waals surface area contributed by atoms with E-state index in [9.17, 15) is 9.59 Å². The van der Waals surface area contributed by atoms with Crippen LogP contribution in [0.5, 0.6) is 0 Å². The summed E-state index contributed by atoms with van der Waals surface area (Å²) < 4.78 is 11.3. The van der Waals surface area contributed by atoms with Crippen LogP contribution in [-0.2, 0) is 9.47 Å². The molecule has 2 fully saturated rings. The summed E-state index contributed by atoms with van der Waals surface area (Å²) in [5.74, 6) is 8.18. The number of carbonyl (C=O) groups excluding carboxylic acids is 2. The molecule has 5 aromatic rings. The molecule has 2 aromatic heterocycles. The molecular weight excluding hydrogens is 693 g/mol. The maximum absolute atomic E-state index is 12.8. The summed E-state index contributed by atoms with van der Waals surface area (Å²) in [7, 11) is 0. The first-order valence-corrected chi connectivity index (χ1v) is 17.4. The first-order chi connectivity index (χ1) is 23.8. The minimum Gasteiger partial charge on any atom is -0.444 e. The van der Waals surface area contributed by atoms with Crippen molar-refractivity contribution in [1.82, 2.24) is 29.7 Å². The van der Waals surface area contributed by atoms with Gasteiger partial charge in [0.25, 0.3) is 0 Å². The van der Waals surface area contributed by atoms with E-state index in [2.05, 4.69) is 57.1 Å². The Kier molecular flexibility index (Phi) is 11.3. The van der Waals surface area contributed by atoms with Crippen LogP contribution in [0.3, 0.4) is 0 Å². The monoisotopic (exact) mass is 740 g/mol. The van der Waals surface area contributed by atoms with Crippen LogP contribution >= 0.6 is 27.0 Å². The third-order valence-corrected chi connectivity index (χ3v) is 8.99. The number of nitrogens with one attached hydrogen (secondary N) is 2. The zero-order valence-electron chi connectivity index (χ0n) is 30.6. The number of nitrogens with zero attached hydrogens (tertiary/aromatic N) is 4. The van der Waals surface area contributed by atoms with Crippen LogP contribution in [0.2, 0.25) is 0 Å². The van der Waals surface area contributed by atoms with Gasteiger partial charge in [-0.25, -0.2) is 19.6 Å². The molecule has 10 nitrogen and oxygen atoms in total. The van der Waals surface area contributed by atoms with E-state index < -0.39 is 11.2 Å². The van der Waals surface area contributed by atoms with Crippen molar-refractivity contribution in [1.29, 1.82) is 0 Å². The van der Waals surface area contributed by atoms with Crippen molar-refractivity contribution in [3.63, 3.8) is 0 Å². The minimum absolute atomic E-state index is 0. The third kappa shape index (κ3) is 8.54. The Hall–Kier alpha value is -4.60. The normalized spacial score (nSPS) is 17.3. The molecule has 7 rings (SSSR count). The molecule has 2 saturated heterocycles. The van der Waals surface area contributed by atoms with E-state index in [0.717, 1.165) is 81.5 Å². The number of ether oxygens (including phenoxy) is 2. The molecule has 0 radical (unpaired) electrons. The summed E-state index contributed by atoms with van der Waals surface area (Å²) in [6.07, 6.45) is 4.74. The summed E-state index contributed by atoms with van der Waals surface area (Å²) in [5.41, 5.74) is 4.37. The van der Waals surface area contributed by atoms with Crippen molar-refractivity contribution in [2.75, 3.05) is 13.1 Å². The van der Waals surface area contributed by atoms with Gasteiger partial charge in [0.05, 0.1) is 35.0 Å². The number of benzene rings is 3. The molecule has 52 heavy (non-hydrogen) atoms. The van der Waals surface area contributed by atoms with Crippen molar-refractivity contribution in [3.8, 4) is 23.1 Å². The maximum atomic E-state index is 12.8. The zero-order chi connectivity index (χ0) is 35.2. The van der Waals surface area contributed by atoms with Gasteiger partial charge in [0, 0.05) is 29.8 Å². The zero-order valence-corrected chi connectivity index (χ0v) is 32.6. The molecule has 0 aliphatic carbocycles. The number of amides is 2. The molecule has 2 aliphatic heterocycles. The summed E-state index contributed by atoms with van der Waals surface area (Å²) in [6.45, 7) is 12.6. The SMILES string of the molecule is CC(C)(C)OC(=O)N1CCC[C@H]1c1ncc(-c2ccc3cc(C#Cc4ccc5nc([C@@H]6CCCN6C(=O)OC(C)(C)C)[nH]c5c4)ccc3c2)[nH]1.S.S. The predicted molar refractivity (Wildman–Crippen MR) is 214 cm³/mol. The quantitative estimate of drug-likeness (QED) is 0.179. The molecule has 0 unspecified atom stereocenters. The molecule has 2 N–H and O–H groups in total. The van der Waals surface area contributed by atoms with Gasteiger partial charge in [-0.3, -0.25) is 9.80 Å². The van der Waals surface area contributed by atoms with Gasteiger partial charge in [-0.2, -0.15) is 27.0 Å². The van der Waals surface area contributed by atoms with Crippen LogP contribution in [0, 0.1) is 11.8 Å². The Morgan fingerprint density at radius 2 is 1.29 bits per heavy atom. The van der Waals surface area contributed by atoms with Gasteiger partial charge < -0.3 is 19.4 Å². The minimum atomic E-state index is -0.547. The van der Waals surface area contributed by atoms with Crippen molar-refractivity contribution < 1.29 is 19.1 Å². The number of aromatic nitrogens is 4. The van der Waals surface area contributed by atoms with Crippen molar-refractivity contribution in [3.05, 3.63) is 83.6 Å². The number of hydrogen-bond acceptors (Lipinski definition) is 6. The Morgan fingerprint density at radius 1 is 0.731 bits per heavy atom. The second-order valence-electron chi connectivity index (χ2n) is 15.2. The second-order valence-corrected chi connectivity index (χ2v) is 15.2. The van der Waals surface area contributed by atoms with E-state index in [1.165, 1.54) is 0 Å². The van der Waals surface area contributed by atoms with Crippen LogP contribution in [-0.4, -0.2) is 66.2 Å². The molecular formula is C40H48N6O4S2. The molecule has 274 valence electrons. The average molecular weight is 741 g/mol. The van der Waals surface area contributed by atoms with Crippen molar-refractivity contribution >= 4 is 61.0 Å². The van der Waals surface area contributed by atoms with Crippen LogP contribution in [0.15, 0.2) is 60.8 Å². The molecule has 0 saturated carbocycles. The van der Waals surface area contributed by atoms with Crippen LogP contribution in [0.1, 0.15) is 102 Å². The highest BCUT2D eigenvalue weighted by molar-refractivity contribution is 7.59. The number of H-pyrrole nitrogens is 2. The topological polar surface area (TPSA) is 116 Å². The Balaban J connectivity index is 0.00000261. The average Bonchev–Trinajstić information content (AvgIpc) is 3.87. The van der Waals surface area contributed by atoms with Crippen LogP contribution in [0.4, 0.5) is 9.59 Å². The predicted octanol–water partition coefficient (Wildman–Crippen LogP) is 8.88. The van der Waals surface area contributed by atoms with E-state index >= 15 is 0 Å². The van der Waals surface area contributed by atoms with Crippen LogP contribution < -0.4 is 0 Å². The molecule has 0 spiro atoms. The van der Waals surface area contributed by atoms with E-state index in [1.807, 2.05) is 72.0 Å². The fourth-order valence-corrected chi connectivity index (χ4v) is 6.73. The molecule has 3 aromatic carbocycles. The number of rotatable bonds is 3. The lowest BCUT2D eigenvalue weighted by Gasteiger charge is -2.27. The van der Waals surface area contributed by atoms with Crippen molar-refractivity contribution in [2.45, 2.75) is 90.5 Å². The Bertz CT molecular complexity index is 2150. The highest BCUT2D eigenvalue weighted by Gasteiger charge is 2.36. The van der Waals surface area contributed by atoms with Gasteiger partial charge in [0.2, 0.25) is 0 Å². The number of likely N-dealkylation sites (tertiary alicyclic amines) is 2. The lowest BCUT2D eigenvalue weighted by atomic mass is 10.0. The molecule has 12 heteroatoms. The molecule has 2 aliphatic rings. The van der Waals surface area contributed by atoms with Gasteiger partial charge in [0.15, 0.2) is 0 Å². The van der Waals surface area contributed by atoms with Gasteiger partial charge in [-0.05, 0) is 114 Å². The summed E-state index contributed by atoms with van der Waals surface area (Å²) in [4.78, 5) is 45.6.